The number of likely N-dealkylation sites (tertiary alicyclic amines) is 1. The molecule has 4 rings (SSSR count). The van der Waals surface area contributed by atoms with Gasteiger partial charge in [-0.05, 0) is 45.2 Å². The number of nitrogens with one attached hydrogen (secondary N) is 2. The maximum absolute atomic E-state index is 6.04. The number of aliphatic imine (C=N–C) groups is 1. The lowest BCUT2D eigenvalue weighted by atomic mass is 10.2. The van der Waals surface area contributed by atoms with Gasteiger partial charge in [0.25, 0.3) is 0 Å². The number of nitrogens with zero attached hydrogens (tertiary/aromatic N) is 4. The third kappa shape index (κ3) is 6.07. The minimum absolute atomic E-state index is 0. The van der Waals surface area contributed by atoms with Crippen molar-refractivity contribution in [1.29, 1.82) is 0 Å². The fraction of sp³-hybridized carbons (Fsp3) is 0.571. The molecule has 1 saturated carbocycles. The maximum atomic E-state index is 6.04. The van der Waals surface area contributed by atoms with Gasteiger partial charge >= 0.3 is 0 Å². The number of hydrogen-bond donors (Lipinski definition) is 2. The summed E-state index contributed by atoms with van der Waals surface area (Å²) in [5, 5.41) is 11.7. The van der Waals surface area contributed by atoms with E-state index in [2.05, 4.69) is 39.5 Å². The van der Waals surface area contributed by atoms with Crippen molar-refractivity contribution in [2.45, 2.75) is 57.7 Å². The van der Waals surface area contributed by atoms with Gasteiger partial charge in [0.15, 0.2) is 5.96 Å². The Kier molecular flexibility index (Phi) is 8.35. The number of halogens is 2. The first-order valence-corrected chi connectivity index (χ1v) is 10.9. The molecule has 30 heavy (non-hydrogen) atoms. The molecule has 2 N–H and O–H groups in total. The number of benzene rings is 1. The van der Waals surface area contributed by atoms with Crippen LogP contribution in [0.25, 0.3) is 11.4 Å². The number of rotatable bonds is 7. The summed E-state index contributed by atoms with van der Waals surface area (Å²) in [6.45, 7) is 6.93. The zero-order chi connectivity index (χ0) is 20.2. The van der Waals surface area contributed by atoms with Gasteiger partial charge in [-0.1, -0.05) is 28.9 Å². The van der Waals surface area contributed by atoms with Crippen molar-refractivity contribution in [2.24, 2.45) is 4.99 Å². The molecule has 1 aromatic carbocycles. The molecule has 2 atom stereocenters. The van der Waals surface area contributed by atoms with Crippen LogP contribution in [0.15, 0.2) is 33.8 Å². The van der Waals surface area contributed by atoms with E-state index in [0.29, 0.717) is 41.8 Å². The molecule has 0 amide bonds. The predicted molar refractivity (Wildman–Crippen MR) is 131 cm³/mol. The molecule has 1 aromatic heterocycles. The molecule has 2 unspecified atom stereocenters. The maximum Gasteiger partial charge on any atom is 0.228 e. The van der Waals surface area contributed by atoms with Gasteiger partial charge in [-0.3, -0.25) is 9.89 Å². The van der Waals surface area contributed by atoms with Crippen LogP contribution in [0.3, 0.4) is 0 Å². The fourth-order valence-corrected chi connectivity index (χ4v) is 4.14. The first-order chi connectivity index (χ1) is 14.1. The summed E-state index contributed by atoms with van der Waals surface area (Å²) in [4.78, 5) is 11.8. The minimum Gasteiger partial charge on any atom is -0.357 e. The lowest BCUT2D eigenvalue weighted by Gasteiger charge is -2.20. The molecule has 1 saturated heterocycles. The third-order valence-electron chi connectivity index (χ3n) is 5.47. The first-order valence-electron chi connectivity index (χ1n) is 10.5. The van der Waals surface area contributed by atoms with Crippen LogP contribution in [0.2, 0.25) is 5.02 Å². The van der Waals surface area contributed by atoms with Gasteiger partial charge in [-0.2, -0.15) is 4.98 Å². The summed E-state index contributed by atoms with van der Waals surface area (Å²) in [5.41, 5.74) is 0.849. The van der Waals surface area contributed by atoms with Gasteiger partial charge in [-0.25, -0.2) is 0 Å². The summed E-state index contributed by atoms with van der Waals surface area (Å²) in [6, 6.07) is 9.34. The molecule has 2 aromatic rings. The Bertz CT molecular complexity index is 856. The molecule has 2 fully saturated rings. The van der Waals surface area contributed by atoms with Crippen LogP contribution >= 0.6 is 35.6 Å². The lowest BCUT2D eigenvalue weighted by molar-refractivity contribution is 0.256. The van der Waals surface area contributed by atoms with Crippen LogP contribution in [0.4, 0.5) is 0 Å². The SMILES string of the molecule is CCNC(=NCCc1nc(-c2cccc(Cl)c2)no1)NC1CC(C)N(C2CC2)C1.I. The second-order valence-corrected chi connectivity index (χ2v) is 8.32. The molecule has 1 aliphatic carbocycles. The smallest absolute Gasteiger partial charge is 0.228 e. The van der Waals surface area contributed by atoms with Crippen molar-refractivity contribution in [3.63, 3.8) is 0 Å². The van der Waals surface area contributed by atoms with Crippen LogP contribution in [0.5, 0.6) is 0 Å². The van der Waals surface area contributed by atoms with E-state index in [0.717, 1.165) is 37.1 Å². The zero-order valence-electron chi connectivity index (χ0n) is 17.5. The normalized spacial score (nSPS) is 22.0. The molecule has 164 valence electrons. The van der Waals surface area contributed by atoms with Gasteiger partial charge in [0, 0.05) is 48.2 Å². The largest absolute Gasteiger partial charge is 0.357 e. The van der Waals surface area contributed by atoms with Gasteiger partial charge in [0.05, 0.1) is 6.54 Å². The molecule has 0 radical (unpaired) electrons. The summed E-state index contributed by atoms with van der Waals surface area (Å²) in [5.74, 6) is 1.99. The molecule has 0 spiro atoms. The second kappa shape index (κ2) is 10.8. The van der Waals surface area contributed by atoms with E-state index >= 15 is 0 Å². The highest BCUT2D eigenvalue weighted by atomic mass is 127. The molecule has 2 aliphatic rings. The van der Waals surface area contributed by atoms with E-state index in [1.807, 2.05) is 24.3 Å². The molecular weight excluding hydrogens is 515 g/mol. The van der Waals surface area contributed by atoms with E-state index < -0.39 is 0 Å². The highest BCUT2D eigenvalue weighted by molar-refractivity contribution is 14.0. The third-order valence-corrected chi connectivity index (χ3v) is 5.71. The lowest BCUT2D eigenvalue weighted by Crippen LogP contribution is -2.44. The molecule has 2 heterocycles. The standard InChI is InChI=1S/C21H29ClN6O.HI/c1-3-23-21(25-17-11-14(2)28(13-17)18-7-8-18)24-10-9-19-26-20(27-29-19)15-5-4-6-16(22)12-15;/h4-6,12,14,17-18H,3,7-11,13H2,1-2H3,(H2,23,24,25);1H. The monoisotopic (exact) mass is 544 g/mol. The van der Waals surface area contributed by atoms with Crippen LogP contribution in [-0.2, 0) is 6.42 Å². The number of aromatic nitrogens is 2. The van der Waals surface area contributed by atoms with Crippen LogP contribution in [-0.4, -0.2) is 58.8 Å². The fourth-order valence-electron chi connectivity index (χ4n) is 3.95. The first kappa shape index (κ1) is 23.3. The Morgan fingerprint density at radius 1 is 1.37 bits per heavy atom. The van der Waals surface area contributed by atoms with E-state index in [-0.39, 0.29) is 24.0 Å². The Morgan fingerprint density at radius 2 is 2.20 bits per heavy atom. The quantitative estimate of drug-likeness (QED) is 0.314. The average molecular weight is 545 g/mol. The highest BCUT2D eigenvalue weighted by Crippen LogP contribution is 2.33. The van der Waals surface area contributed by atoms with Gasteiger partial charge in [0.2, 0.25) is 11.7 Å². The van der Waals surface area contributed by atoms with Crippen molar-refractivity contribution in [1.82, 2.24) is 25.7 Å². The van der Waals surface area contributed by atoms with E-state index in [1.165, 1.54) is 12.8 Å². The zero-order valence-corrected chi connectivity index (χ0v) is 20.6. The number of hydrogen-bond acceptors (Lipinski definition) is 5. The molecule has 9 heteroatoms. The van der Waals surface area contributed by atoms with Crippen molar-refractivity contribution in [2.75, 3.05) is 19.6 Å². The van der Waals surface area contributed by atoms with Crippen molar-refractivity contribution in [3.05, 3.63) is 35.2 Å². The van der Waals surface area contributed by atoms with Crippen LogP contribution in [0, 0.1) is 0 Å². The van der Waals surface area contributed by atoms with Gasteiger partial charge in [-0.15, -0.1) is 24.0 Å². The average Bonchev–Trinajstić information content (AvgIpc) is 3.32. The van der Waals surface area contributed by atoms with E-state index in [1.54, 1.807) is 0 Å². The van der Waals surface area contributed by atoms with Crippen LogP contribution < -0.4 is 10.6 Å². The molecular formula is C21H30ClIN6O. The topological polar surface area (TPSA) is 78.6 Å². The van der Waals surface area contributed by atoms with Gasteiger partial charge < -0.3 is 15.2 Å². The Morgan fingerprint density at radius 3 is 2.93 bits per heavy atom. The van der Waals surface area contributed by atoms with Crippen molar-refractivity contribution in [3.8, 4) is 11.4 Å². The second-order valence-electron chi connectivity index (χ2n) is 7.89. The minimum atomic E-state index is 0. The highest BCUT2D eigenvalue weighted by Gasteiger charge is 2.38. The van der Waals surface area contributed by atoms with E-state index in [9.17, 15) is 0 Å². The molecule has 1 aliphatic heterocycles. The summed E-state index contributed by atoms with van der Waals surface area (Å²) >= 11 is 6.04. The molecule has 0 bridgehead atoms. The Balaban J connectivity index is 0.00000256. The Hall–Kier alpha value is -1.39. The van der Waals surface area contributed by atoms with Crippen molar-refractivity contribution >= 4 is 41.5 Å². The summed E-state index contributed by atoms with van der Waals surface area (Å²) in [7, 11) is 0. The molecule has 7 nitrogen and oxygen atoms in total. The Labute approximate surface area is 200 Å². The summed E-state index contributed by atoms with van der Waals surface area (Å²) < 4.78 is 5.37. The van der Waals surface area contributed by atoms with Crippen LogP contribution in [0.1, 0.15) is 39.0 Å². The van der Waals surface area contributed by atoms with Crippen molar-refractivity contribution < 1.29 is 4.52 Å². The van der Waals surface area contributed by atoms with E-state index in [4.69, 9.17) is 21.1 Å². The van der Waals surface area contributed by atoms with Gasteiger partial charge in [0.1, 0.15) is 0 Å². The summed E-state index contributed by atoms with van der Waals surface area (Å²) in [6.07, 6.45) is 4.46. The number of guanidine groups is 1. The predicted octanol–water partition coefficient (Wildman–Crippen LogP) is 3.73.